The molecule has 27 heavy (non-hydrogen) atoms. The first-order chi connectivity index (χ1) is 13.2. The van der Waals surface area contributed by atoms with Gasteiger partial charge in [0.25, 0.3) is 0 Å². The third kappa shape index (κ3) is 4.09. The van der Waals surface area contributed by atoms with Gasteiger partial charge in [0.1, 0.15) is 0 Å². The summed E-state index contributed by atoms with van der Waals surface area (Å²) < 4.78 is 1.66. The molecule has 1 fully saturated rings. The van der Waals surface area contributed by atoms with Gasteiger partial charge in [-0.2, -0.15) is 5.10 Å². The van der Waals surface area contributed by atoms with Crippen LogP contribution in [0, 0.1) is 5.92 Å². The Morgan fingerprint density at radius 1 is 1.11 bits per heavy atom. The second-order valence-corrected chi connectivity index (χ2v) is 6.92. The maximum Gasteiger partial charge on any atom is 0.229 e. The van der Waals surface area contributed by atoms with Gasteiger partial charge in [-0.1, -0.05) is 11.6 Å². The number of anilines is 2. The Kier molecular flexibility index (Phi) is 5.02. The lowest BCUT2D eigenvalue weighted by molar-refractivity contribution is -0.120. The average Bonchev–Trinajstić information content (AvgIpc) is 3.25. The predicted octanol–water partition coefficient (Wildman–Crippen LogP) is 3.17. The van der Waals surface area contributed by atoms with Gasteiger partial charge in [0, 0.05) is 36.2 Å². The molecule has 1 aliphatic rings. The first-order valence-electron chi connectivity index (χ1n) is 8.84. The molecule has 138 valence electrons. The smallest absolute Gasteiger partial charge is 0.229 e. The molecule has 3 heterocycles. The number of halogens is 1. The molecule has 7 nitrogen and oxygen atoms in total. The summed E-state index contributed by atoms with van der Waals surface area (Å²) in [7, 11) is 0. The minimum atomic E-state index is -0.0954. The fraction of sp³-hybridized carbons (Fsp3) is 0.263. The highest BCUT2D eigenvalue weighted by molar-refractivity contribution is 6.30. The zero-order chi connectivity index (χ0) is 18.6. The standard InChI is InChI=1S/C19H19ClN6O/c20-15-4-6-16(7-5-15)22-19(27)14-3-1-11-25(13-14)17-8-9-18(24-23-17)26-12-2-10-21-26/h2,4-10,12,14H,1,3,11,13H2,(H,22,27). The second-order valence-electron chi connectivity index (χ2n) is 6.48. The van der Waals surface area contributed by atoms with E-state index in [0.717, 1.165) is 30.9 Å². The molecule has 4 rings (SSSR count). The van der Waals surface area contributed by atoms with Crippen molar-refractivity contribution in [2.75, 3.05) is 23.3 Å². The number of aromatic nitrogens is 4. The Balaban J connectivity index is 1.41. The minimum Gasteiger partial charge on any atom is -0.354 e. The normalized spacial score (nSPS) is 16.9. The van der Waals surface area contributed by atoms with Crippen LogP contribution in [0.25, 0.3) is 5.82 Å². The van der Waals surface area contributed by atoms with Crippen molar-refractivity contribution in [1.29, 1.82) is 0 Å². The van der Waals surface area contributed by atoms with E-state index in [9.17, 15) is 4.79 Å². The van der Waals surface area contributed by atoms with Crippen LogP contribution in [0.5, 0.6) is 0 Å². The van der Waals surface area contributed by atoms with Gasteiger partial charge in [0.15, 0.2) is 11.6 Å². The van der Waals surface area contributed by atoms with E-state index in [4.69, 9.17) is 11.6 Å². The van der Waals surface area contributed by atoms with Gasteiger partial charge in [-0.25, -0.2) is 4.68 Å². The van der Waals surface area contributed by atoms with Crippen LogP contribution in [0.1, 0.15) is 12.8 Å². The van der Waals surface area contributed by atoms with E-state index in [0.29, 0.717) is 17.4 Å². The highest BCUT2D eigenvalue weighted by atomic mass is 35.5. The van der Waals surface area contributed by atoms with Gasteiger partial charge >= 0.3 is 0 Å². The Hall–Kier alpha value is -2.93. The molecule has 1 amide bonds. The summed E-state index contributed by atoms with van der Waals surface area (Å²) in [4.78, 5) is 14.7. The Labute approximate surface area is 162 Å². The summed E-state index contributed by atoms with van der Waals surface area (Å²) in [5, 5.41) is 16.3. The zero-order valence-electron chi connectivity index (χ0n) is 14.6. The summed E-state index contributed by atoms with van der Waals surface area (Å²) in [6, 6.07) is 12.8. The van der Waals surface area contributed by atoms with Crippen molar-refractivity contribution in [3.8, 4) is 5.82 Å². The van der Waals surface area contributed by atoms with Gasteiger partial charge in [-0.05, 0) is 55.3 Å². The summed E-state index contributed by atoms with van der Waals surface area (Å²) >= 11 is 5.89. The molecule has 0 bridgehead atoms. The van der Waals surface area contributed by atoms with Gasteiger partial charge in [-0.3, -0.25) is 4.79 Å². The van der Waals surface area contributed by atoms with Crippen LogP contribution in [0.3, 0.4) is 0 Å². The summed E-state index contributed by atoms with van der Waals surface area (Å²) in [6.07, 6.45) is 5.31. The number of hydrogen-bond acceptors (Lipinski definition) is 5. The molecular formula is C19H19ClN6O. The third-order valence-corrected chi connectivity index (χ3v) is 4.86. The van der Waals surface area contributed by atoms with Crippen LogP contribution < -0.4 is 10.2 Å². The van der Waals surface area contributed by atoms with Crippen LogP contribution in [0.2, 0.25) is 5.02 Å². The SMILES string of the molecule is O=C(Nc1ccc(Cl)cc1)C1CCCN(c2ccc(-n3cccn3)nn2)C1. The highest BCUT2D eigenvalue weighted by Crippen LogP contribution is 2.23. The number of amides is 1. The number of nitrogens with one attached hydrogen (secondary N) is 1. The number of piperidine rings is 1. The summed E-state index contributed by atoms with van der Waals surface area (Å²) in [5.74, 6) is 1.36. The minimum absolute atomic E-state index is 0.0168. The number of rotatable bonds is 4. The van der Waals surface area contributed by atoms with Crippen LogP contribution >= 0.6 is 11.6 Å². The first-order valence-corrected chi connectivity index (χ1v) is 9.22. The molecule has 1 atom stereocenters. The van der Waals surface area contributed by atoms with Crippen LogP contribution in [-0.4, -0.2) is 39.0 Å². The topological polar surface area (TPSA) is 75.9 Å². The molecule has 3 aromatic rings. The first kappa shape index (κ1) is 17.5. The lowest BCUT2D eigenvalue weighted by Crippen LogP contribution is -2.41. The zero-order valence-corrected chi connectivity index (χ0v) is 15.4. The molecule has 1 unspecified atom stereocenters. The largest absolute Gasteiger partial charge is 0.354 e. The number of hydrogen-bond donors (Lipinski definition) is 1. The van der Waals surface area contributed by atoms with E-state index in [-0.39, 0.29) is 11.8 Å². The molecule has 2 aromatic heterocycles. The van der Waals surface area contributed by atoms with Crippen molar-refractivity contribution >= 4 is 29.0 Å². The van der Waals surface area contributed by atoms with E-state index in [2.05, 4.69) is 25.5 Å². The van der Waals surface area contributed by atoms with Crippen LogP contribution in [-0.2, 0) is 4.79 Å². The fourth-order valence-corrected chi connectivity index (χ4v) is 3.32. The van der Waals surface area contributed by atoms with Gasteiger partial charge in [0.2, 0.25) is 5.91 Å². The molecule has 1 aliphatic heterocycles. The Bertz CT molecular complexity index is 895. The van der Waals surface area contributed by atoms with Gasteiger partial charge in [-0.15, -0.1) is 10.2 Å². The predicted molar refractivity (Wildman–Crippen MR) is 104 cm³/mol. The molecule has 8 heteroatoms. The molecule has 0 spiro atoms. The lowest BCUT2D eigenvalue weighted by Gasteiger charge is -2.32. The molecule has 1 aromatic carbocycles. The van der Waals surface area contributed by atoms with Crippen molar-refractivity contribution in [3.63, 3.8) is 0 Å². The summed E-state index contributed by atoms with van der Waals surface area (Å²) in [5.41, 5.74) is 0.755. The van der Waals surface area contributed by atoms with Crippen molar-refractivity contribution < 1.29 is 4.79 Å². The Morgan fingerprint density at radius 2 is 1.89 bits per heavy atom. The number of carbonyl (C=O) groups is 1. The van der Waals surface area contributed by atoms with Crippen LogP contribution in [0.15, 0.2) is 54.9 Å². The maximum absolute atomic E-state index is 12.6. The quantitative estimate of drug-likeness (QED) is 0.750. The van der Waals surface area contributed by atoms with E-state index < -0.39 is 0 Å². The molecule has 1 saturated heterocycles. The maximum atomic E-state index is 12.6. The fourth-order valence-electron chi connectivity index (χ4n) is 3.19. The molecule has 0 aliphatic carbocycles. The van der Waals surface area contributed by atoms with E-state index in [1.807, 2.05) is 24.4 Å². The Morgan fingerprint density at radius 3 is 2.59 bits per heavy atom. The average molecular weight is 383 g/mol. The number of nitrogens with zero attached hydrogens (tertiary/aromatic N) is 5. The van der Waals surface area contributed by atoms with E-state index in [1.165, 1.54) is 0 Å². The third-order valence-electron chi connectivity index (χ3n) is 4.60. The monoisotopic (exact) mass is 382 g/mol. The second kappa shape index (κ2) is 7.75. The number of benzene rings is 1. The molecule has 0 saturated carbocycles. The molecular weight excluding hydrogens is 364 g/mol. The van der Waals surface area contributed by atoms with E-state index >= 15 is 0 Å². The highest BCUT2D eigenvalue weighted by Gasteiger charge is 2.26. The van der Waals surface area contributed by atoms with E-state index in [1.54, 1.807) is 35.1 Å². The molecule has 1 N–H and O–H groups in total. The summed E-state index contributed by atoms with van der Waals surface area (Å²) in [6.45, 7) is 1.48. The number of carbonyl (C=O) groups excluding carboxylic acids is 1. The lowest BCUT2D eigenvalue weighted by atomic mass is 9.97. The van der Waals surface area contributed by atoms with Gasteiger partial charge < -0.3 is 10.2 Å². The molecule has 0 radical (unpaired) electrons. The van der Waals surface area contributed by atoms with Gasteiger partial charge in [0.05, 0.1) is 5.92 Å². The van der Waals surface area contributed by atoms with Crippen molar-refractivity contribution in [1.82, 2.24) is 20.0 Å². The van der Waals surface area contributed by atoms with Crippen molar-refractivity contribution in [3.05, 3.63) is 59.9 Å². The van der Waals surface area contributed by atoms with Crippen LogP contribution in [0.4, 0.5) is 11.5 Å². The van der Waals surface area contributed by atoms with Crippen molar-refractivity contribution in [2.45, 2.75) is 12.8 Å². The van der Waals surface area contributed by atoms with Crippen molar-refractivity contribution in [2.24, 2.45) is 5.92 Å².